The number of hydrogen-bond acceptors (Lipinski definition) is 2. The highest BCUT2D eigenvalue weighted by atomic mass is 14.8. The summed E-state index contributed by atoms with van der Waals surface area (Å²) in [5.41, 5.74) is 3.12. The molecule has 0 aliphatic carbocycles. The van der Waals surface area contributed by atoms with Crippen LogP contribution in [0.1, 0.15) is 27.7 Å². The molecular weight excluding hydrogens is 160 g/mol. The largest absolute Gasteiger partial charge is 0.287 e. The molecule has 0 fully saturated rings. The molecule has 0 spiro atoms. The lowest BCUT2D eigenvalue weighted by molar-refractivity contribution is 1.38. The van der Waals surface area contributed by atoms with Gasteiger partial charge in [-0.15, -0.1) is 0 Å². The van der Waals surface area contributed by atoms with Crippen molar-refractivity contribution in [2.24, 2.45) is 9.98 Å². The SMILES string of the molecule is C\C=C/N=C(C)\C(C=C(C)C)=N\C. The predicted octanol–water partition coefficient (Wildman–Crippen LogP) is 3.02. The lowest BCUT2D eigenvalue weighted by Gasteiger charge is -1.98. The van der Waals surface area contributed by atoms with Crippen LogP contribution in [0.5, 0.6) is 0 Å². The van der Waals surface area contributed by atoms with Gasteiger partial charge in [-0.3, -0.25) is 9.98 Å². The maximum Gasteiger partial charge on any atom is 0.0782 e. The fourth-order valence-corrected chi connectivity index (χ4v) is 0.857. The van der Waals surface area contributed by atoms with Crippen molar-refractivity contribution in [3.8, 4) is 0 Å². The molecule has 2 heteroatoms. The molecule has 0 aliphatic rings. The van der Waals surface area contributed by atoms with Gasteiger partial charge in [0.2, 0.25) is 0 Å². The van der Waals surface area contributed by atoms with Gasteiger partial charge in [0.25, 0.3) is 0 Å². The number of aliphatic imine (C=N–C) groups is 2. The van der Waals surface area contributed by atoms with Crippen LogP contribution in [0, 0.1) is 0 Å². The van der Waals surface area contributed by atoms with Gasteiger partial charge in [0.15, 0.2) is 0 Å². The van der Waals surface area contributed by atoms with E-state index in [-0.39, 0.29) is 0 Å². The van der Waals surface area contributed by atoms with Crippen LogP contribution in [0.2, 0.25) is 0 Å². The summed E-state index contributed by atoms with van der Waals surface area (Å²) in [5, 5.41) is 0. The van der Waals surface area contributed by atoms with E-state index in [2.05, 4.69) is 9.98 Å². The molecule has 0 atom stereocenters. The Hall–Kier alpha value is -1.18. The van der Waals surface area contributed by atoms with Crippen LogP contribution in [-0.4, -0.2) is 18.5 Å². The zero-order valence-electron chi connectivity index (χ0n) is 9.13. The molecule has 0 saturated carbocycles. The molecule has 13 heavy (non-hydrogen) atoms. The summed E-state index contributed by atoms with van der Waals surface area (Å²) in [4.78, 5) is 8.38. The Labute approximate surface area is 80.8 Å². The molecule has 0 amide bonds. The van der Waals surface area contributed by atoms with Crippen molar-refractivity contribution in [2.75, 3.05) is 7.05 Å². The minimum atomic E-state index is 0.943. The zero-order chi connectivity index (χ0) is 10.3. The summed E-state index contributed by atoms with van der Waals surface area (Å²) in [7, 11) is 1.78. The van der Waals surface area contributed by atoms with Crippen molar-refractivity contribution < 1.29 is 0 Å². The molecule has 0 aliphatic heterocycles. The molecule has 0 unspecified atom stereocenters. The summed E-state index contributed by atoms with van der Waals surface area (Å²) >= 11 is 0. The lowest BCUT2D eigenvalue weighted by atomic mass is 10.2. The Bertz CT molecular complexity index is 264. The number of rotatable bonds is 3. The second-order valence-corrected chi connectivity index (χ2v) is 3.03. The Balaban J connectivity index is 4.72. The first-order chi connectivity index (χ1) is 6.11. The highest BCUT2D eigenvalue weighted by Crippen LogP contribution is 1.94. The van der Waals surface area contributed by atoms with Gasteiger partial charge >= 0.3 is 0 Å². The molecule has 0 N–H and O–H groups in total. The topological polar surface area (TPSA) is 24.7 Å². The Morgan fingerprint density at radius 2 is 1.77 bits per heavy atom. The van der Waals surface area contributed by atoms with Crippen LogP contribution in [0.25, 0.3) is 0 Å². The third-order valence-corrected chi connectivity index (χ3v) is 1.45. The van der Waals surface area contributed by atoms with E-state index in [1.807, 2.05) is 39.8 Å². The van der Waals surface area contributed by atoms with Gasteiger partial charge in [0.05, 0.1) is 11.4 Å². The van der Waals surface area contributed by atoms with Gasteiger partial charge < -0.3 is 0 Å². The van der Waals surface area contributed by atoms with E-state index in [4.69, 9.17) is 0 Å². The quantitative estimate of drug-likeness (QED) is 0.593. The second kappa shape index (κ2) is 6.35. The molecule has 0 aromatic heterocycles. The number of hydrogen-bond donors (Lipinski definition) is 0. The summed E-state index contributed by atoms with van der Waals surface area (Å²) < 4.78 is 0. The highest BCUT2D eigenvalue weighted by Gasteiger charge is 1.96. The predicted molar refractivity (Wildman–Crippen MR) is 60.7 cm³/mol. The van der Waals surface area contributed by atoms with Crippen molar-refractivity contribution in [1.82, 2.24) is 0 Å². The van der Waals surface area contributed by atoms with Gasteiger partial charge in [-0.2, -0.15) is 0 Å². The van der Waals surface area contributed by atoms with E-state index in [9.17, 15) is 0 Å². The minimum absolute atomic E-state index is 0.943. The van der Waals surface area contributed by atoms with E-state index in [1.165, 1.54) is 5.57 Å². The first kappa shape index (κ1) is 11.8. The fourth-order valence-electron chi connectivity index (χ4n) is 0.857. The first-order valence-corrected chi connectivity index (χ1v) is 4.39. The van der Waals surface area contributed by atoms with Crippen molar-refractivity contribution in [3.63, 3.8) is 0 Å². The Morgan fingerprint density at radius 1 is 1.15 bits per heavy atom. The standard InChI is InChI=1S/C11H18N2/c1-6-7-13-10(4)11(12-5)8-9(2)3/h6-8H,1-5H3/b7-6-,12-11+,13-10-. The molecule has 0 aromatic carbocycles. The van der Waals surface area contributed by atoms with Gasteiger partial charge in [-0.05, 0) is 33.8 Å². The molecule has 0 bridgehead atoms. The van der Waals surface area contributed by atoms with Crippen LogP contribution in [0.15, 0.2) is 33.9 Å². The van der Waals surface area contributed by atoms with Crippen LogP contribution in [0.4, 0.5) is 0 Å². The van der Waals surface area contributed by atoms with Crippen LogP contribution >= 0.6 is 0 Å². The lowest BCUT2D eigenvalue weighted by Crippen LogP contribution is -2.07. The third kappa shape index (κ3) is 5.12. The van der Waals surface area contributed by atoms with E-state index in [0.29, 0.717) is 0 Å². The van der Waals surface area contributed by atoms with E-state index >= 15 is 0 Å². The minimum Gasteiger partial charge on any atom is -0.287 e. The van der Waals surface area contributed by atoms with Crippen molar-refractivity contribution >= 4 is 11.4 Å². The fraction of sp³-hybridized carbons (Fsp3) is 0.455. The van der Waals surface area contributed by atoms with Gasteiger partial charge in [-0.25, -0.2) is 0 Å². The van der Waals surface area contributed by atoms with Gasteiger partial charge in [0, 0.05) is 13.2 Å². The van der Waals surface area contributed by atoms with Crippen LogP contribution in [0.3, 0.4) is 0 Å². The van der Waals surface area contributed by atoms with E-state index in [1.54, 1.807) is 13.2 Å². The van der Waals surface area contributed by atoms with Gasteiger partial charge in [-0.1, -0.05) is 11.6 Å². The normalized spacial score (nSPS) is 13.6. The zero-order valence-corrected chi connectivity index (χ0v) is 9.13. The molecule has 0 heterocycles. The average molecular weight is 178 g/mol. The summed E-state index contributed by atoms with van der Waals surface area (Å²) in [5.74, 6) is 0. The first-order valence-electron chi connectivity index (χ1n) is 4.39. The number of allylic oxidation sites excluding steroid dienone is 3. The summed E-state index contributed by atoms with van der Waals surface area (Å²) in [6, 6.07) is 0. The van der Waals surface area contributed by atoms with Crippen molar-refractivity contribution in [1.29, 1.82) is 0 Å². The van der Waals surface area contributed by atoms with Crippen LogP contribution in [-0.2, 0) is 0 Å². The maximum absolute atomic E-state index is 4.23. The van der Waals surface area contributed by atoms with Crippen LogP contribution < -0.4 is 0 Å². The number of nitrogens with zero attached hydrogens (tertiary/aromatic N) is 2. The maximum atomic E-state index is 4.23. The molecule has 0 radical (unpaired) electrons. The Kier molecular flexibility index (Phi) is 5.77. The smallest absolute Gasteiger partial charge is 0.0782 e. The molecule has 2 nitrogen and oxygen atoms in total. The Morgan fingerprint density at radius 3 is 2.15 bits per heavy atom. The highest BCUT2D eigenvalue weighted by molar-refractivity contribution is 6.45. The summed E-state index contributed by atoms with van der Waals surface area (Å²) in [6.07, 6.45) is 5.71. The average Bonchev–Trinajstić information content (AvgIpc) is 2.09. The second-order valence-electron chi connectivity index (χ2n) is 3.03. The summed E-state index contributed by atoms with van der Waals surface area (Å²) in [6.45, 7) is 8.00. The molecule has 0 aromatic rings. The van der Waals surface area contributed by atoms with E-state index < -0.39 is 0 Å². The van der Waals surface area contributed by atoms with Crippen molar-refractivity contribution in [2.45, 2.75) is 27.7 Å². The molecule has 0 saturated heterocycles. The third-order valence-electron chi connectivity index (χ3n) is 1.45. The van der Waals surface area contributed by atoms with Gasteiger partial charge in [0.1, 0.15) is 0 Å². The molecular formula is C11H18N2. The molecule has 72 valence electrons. The molecule has 0 rings (SSSR count). The monoisotopic (exact) mass is 178 g/mol. The van der Waals surface area contributed by atoms with Crippen molar-refractivity contribution in [3.05, 3.63) is 23.9 Å². The van der Waals surface area contributed by atoms with E-state index in [0.717, 1.165) is 11.4 Å².